The third-order valence-corrected chi connectivity index (χ3v) is 2.73. The van der Waals surface area contributed by atoms with Crippen molar-refractivity contribution < 1.29 is 9.47 Å². The Balaban J connectivity index is 0.00000361. The van der Waals surface area contributed by atoms with Crippen molar-refractivity contribution in [1.82, 2.24) is 10.6 Å². The third kappa shape index (κ3) is 7.06. The molecule has 20 heavy (non-hydrogen) atoms. The van der Waals surface area contributed by atoms with E-state index in [1.165, 1.54) is 0 Å². The zero-order chi connectivity index (χ0) is 13.9. The molecule has 2 N–H and O–H groups in total. The molecule has 0 aliphatic carbocycles. The Bertz CT molecular complexity index is 374. The number of hydrogen-bond acceptors (Lipinski definition) is 3. The molecule has 0 saturated heterocycles. The standard InChI is InChI=1S/C14H23N3O2.HI/c1-15-14(16-9-10-18-2)17-11-13(19-3)12-7-5-4-6-8-12;/h4-8,13H,9-11H2,1-3H3,(H2,15,16,17);1H. The molecule has 0 spiro atoms. The largest absolute Gasteiger partial charge is 0.383 e. The Hall–Kier alpha value is -0.860. The van der Waals surface area contributed by atoms with Crippen LogP contribution in [0.2, 0.25) is 0 Å². The minimum absolute atomic E-state index is 0. The summed E-state index contributed by atoms with van der Waals surface area (Å²) >= 11 is 0. The zero-order valence-electron chi connectivity index (χ0n) is 12.3. The van der Waals surface area contributed by atoms with Crippen molar-refractivity contribution in [2.24, 2.45) is 4.99 Å². The molecule has 0 aliphatic heterocycles. The monoisotopic (exact) mass is 393 g/mol. The topological polar surface area (TPSA) is 54.9 Å². The van der Waals surface area contributed by atoms with Gasteiger partial charge >= 0.3 is 0 Å². The van der Waals surface area contributed by atoms with E-state index in [0.717, 1.165) is 18.1 Å². The molecule has 0 fully saturated rings. The lowest BCUT2D eigenvalue weighted by molar-refractivity contribution is 0.106. The average molecular weight is 393 g/mol. The van der Waals surface area contributed by atoms with Gasteiger partial charge in [-0.1, -0.05) is 30.3 Å². The summed E-state index contributed by atoms with van der Waals surface area (Å²) in [6, 6.07) is 10.1. The zero-order valence-corrected chi connectivity index (χ0v) is 14.6. The van der Waals surface area contributed by atoms with Gasteiger partial charge in [-0.2, -0.15) is 0 Å². The van der Waals surface area contributed by atoms with E-state index in [-0.39, 0.29) is 30.1 Å². The first-order chi connectivity index (χ1) is 9.31. The van der Waals surface area contributed by atoms with Crippen LogP contribution < -0.4 is 10.6 Å². The molecule has 6 heteroatoms. The maximum absolute atomic E-state index is 5.49. The smallest absolute Gasteiger partial charge is 0.191 e. The van der Waals surface area contributed by atoms with Crippen molar-refractivity contribution >= 4 is 29.9 Å². The van der Waals surface area contributed by atoms with E-state index in [1.54, 1.807) is 21.3 Å². The second-order valence-corrected chi connectivity index (χ2v) is 4.01. The predicted octanol–water partition coefficient (Wildman–Crippen LogP) is 1.80. The fourth-order valence-electron chi connectivity index (χ4n) is 1.69. The maximum atomic E-state index is 5.49. The summed E-state index contributed by atoms with van der Waals surface area (Å²) in [5.41, 5.74) is 1.14. The number of ether oxygens (including phenoxy) is 2. The van der Waals surface area contributed by atoms with Crippen molar-refractivity contribution in [3.05, 3.63) is 35.9 Å². The lowest BCUT2D eigenvalue weighted by Crippen LogP contribution is -2.40. The molecule has 1 unspecified atom stereocenters. The minimum atomic E-state index is 0. The summed E-state index contributed by atoms with van der Waals surface area (Å²) in [6.45, 7) is 2.03. The number of methoxy groups -OCH3 is 2. The van der Waals surface area contributed by atoms with Crippen LogP contribution in [-0.2, 0) is 9.47 Å². The van der Waals surface area contributed by atoms with Gasteiger partial charge in [-0.25, -0.2) is 0 Å². The molecule has 1 rings (SSSR count). The van der Waals surface area contributed by atoms with Crippen LogP contribution in [0.1, 0.15) is 11.7 Å². The normalized spacial score (nSPS) is 12.4. The first-order valence-corrected chi connectivity index (χ1v) is 6.33. The number of hydrogen-bond donors (Lipinski definition) is 2. The molecule has 114 valence electrons. The van der Waals surface area contributed by atoms with Gasteiger partial charge in [-0.3, -0.25) is 4.99 Å². The fourth-order valence-corrected chi connectivity index (χ4v) is 1.69. The lowest BCUT2D eigenvalue weighted by atomic mass is 10.1. The van der Waals surface area contributed by atoms with E-state index in [1.807, 2.05) is 18.2 Å². The number of benzene rings is 1. The highest BCUT2D eigenvalue weighted by Crippen LogP contribution is 2.14. The molecule has 1 atom stereocenters. The number of nitrogens with zero attached hydrogens (tertiary/aromatic N) is 1. The molecule has 0 aliphatic rings. The van der Waals surface area contributed by atoms with E-state index in [0.29, 0.717) is 13.2 Å². The van der Waals surface area contributed by atoms with Crippen molar-refractivity contribution in [1.29, 1.82) is 0 Å². The Kier molecular flexibility index (Phi) is 11.4. The summed E-state index contributed by atoms with van der Waals surface area (Å²) in [6.07, 6.45) is 0.00201. The SMILES string of the molecule is CN=C(NCCOC)NCC(OC)c1ccccc1.I. The van der Waals surface area contributed by atoms with Crippen molar-refractivity contribution in [3.63, 3.8) is 0 Å². The molecule has 0 bridgehead atoms. The highest BCUT2D eigenvalue weighted by Gasteiger charge is 2.10. The number of aliphatic imine (C=N–C) groups is 1. The molecule has 1 aromatic rings. The lowest BCUT2D eigenvalue weighted by Gasteiger charge is -2.18. The van der Waals surface area contributed by atoms with Crippen LogP contribution in [0.25, 0.3) is 0 Å². The quantitative estimate of drug-likeness (QED) is 0.321. The van der Waals surface area contributed by atoms with Gasteiger partial charge in [-0.15, -0.1) is 24.0 Å². The van der Waals surface area contributed by atoms with Gasteiger partial charge in [-0.05, 0) is 5.56 Å². The first kappa shape index (κ1) is 19.1. The van der Waals surface area contributed by atoms with Gasteiger partial charge in [0, 0.05) is 34.4 Å². The van der Waals surface area contributed by atoms with Crippen molar-refractivity contribution in [2.75, 3.05) is 41.0 Å². The summed E-state index contributed by atoms with van der Waals surface area (Å²) in [5, 5.41) is 6.40. The Labute approximate surface area is 138 Å². The Morgan fingerprint density at radius 1 is 1.20 bits per heavy atom. The van der Waals surface area contributed by atoms with Crippen molar-refractivity contribution in [3.8, 4) is 0 Å². The molecule has 1 aromatic carbocycles. The minimum Gasteiger partial charge on any atom is -0.383 e. The van der Waals surface area contributed by atoms with Gasteiger partial charge in [0.15, 0.2) is 5.96 Å². The molecular formula is C14H24IN3O2. The van der Waals surface area contributed by atoms with Crippen LogP contribution in [0.5, 0.6) is 0 Å². The van der Waals surface area contributed by atoms with Crippen molar-refractivity contribution in [2.45, 2.75) is 6.10 Å². The number of guanidine groups is 1. The second-order valence-electron chi connectivity index (χ2n) is 4.01. The molecular weight excluding hydrogens is 369 g/mol. The summed E-state index contributed by atoms with van der Waals surface area (Å²) in [7, 11) is 5.13. The molecule has 0 amide bonds. The molecule has 0 saturated carbocycles. The highest BCUT2D eigenvalue weighted by molar-refractivity contribution is 14.0. The Morgan fingerprint density at radius 2 is 1.90 bits per heavy atom. The number of rotatable bonds is 7. The fraction of sp³-hybridized carbons (Fsp3) is 0.500. The third-order valence-electron chi connectivity index (χ3n) is 2.73. The van der Waals surface area contributed by atoms with Gasteiger partial charge in [0.25, 0.3) is 0 Å². The van der Waals surface area contributed by atoms with Crippen LogP contribution in [-0.4, -0.2) is 46.9 Å². The Morgan fingerprint density at radius 3 is 2.45 bits per heavy atom. The highest BCUT2D eigenvalue weighted by atomic mass is 127. The van der Waals surface area contributed by atoms with Crippen LogP contribution >= 0.6 is 24.0 Å². The van der Waals surface area contributed by atoms with E-state index < -0.39 is 0 Å². The van der Waals surface area contributed by atoms with Gasteiger partial charge in [0.05, 0.1) is 12.7 Å². The van der Waals surface area contributed by atoms with Crippen LogP contribution in [0.15, 0.2) is 35.3 Å². The van der Waals surface area contributed by atoms with E-state index in [9.17, 15) is 0 Å². The second kappa shape index (κ2) is 11.9. The van der Waals surface area contributed by atoms with Gasteiger partial charge < -0.3 is 20.1 Å². The number of nitrogens with one attached hydrogen (secondary N) is 2. The van der Waals surface area contributed by atoms with E-state index in [2.05, 4.69) is 27.8 Å². The molecule has 0 aromatic heterocycles. The van der Waals surface area contributed by atoms with E-state index in [4.69, 9.17) is 9.47 Å². The maximum Gasteiger partial charge on any atom is 0.191 e. The first-order valence-electron chi connectivity index (χ1n) is 6.33. The molecule has 0 heterocycles. The summed E-state index contributed by atoms with van der Waals surface area (Å²) in [5.74, 6) is 0.745. The average Bonchev–Trinajstić information content (AvgIpc) is 2.47. The summed E-state index contributed by atoms with van der Waals surface area (Å²) in [4.78, 5) is 4.14. The van der Waals surface area contributed by atoms with Gasteiger partial charge in [0.1, 0.15) is 0 Å². The van der Waals surface area contributed by atoms with Crippen LogP contribution in [0, 0.1) is 0 Å². The predicted molar refractivity (Wildman–Crippen MR) is 92.8 cm³/mol. The van der Waals surface area contributed by atoms with Crippen LogP contribution in [0.4, 0.5) is 0 Å². The van der Waals surface area contributed by atoms with E-state index >= 15 is 0 Å². The molecule has 5 nitrogen and oxygen atoms in total. The van der Waals surface area contributed by atoms with Gasteiger partial charge in [0.2, 0.25) is 0 Å². The molecule has 0 radical (unpaired) electrons. The summed E-state index contributed by atoms with van der Waals surface area (Å²) < 4.78 is 10.5. The van der Waals surface area contributed by atoms with Crippen LogP contribution in [0.3, 0.4) is 0 Å². The number of halogens is 1.